The lowest BCUT2D eigenvalue weighted by Gasteiger charge is -2.18. The van der Waals surface area contributed by atoms with Crippen LogP contribution >= 0.6 is 0 Å². The summed E-state index contributed by atoms with van der Waals surface area (Å²) in [5.74, 6) is -0.904. The molecule has 0 aliphatic rings. The van der Waals surface area contributed by atoms with Gasteiger partial charge in [0, 0.05) is 19.3 Å². The van der Waals surface area contributed by atoms with Gasteiger partial charge in [0.25, 0.3) is 0 Å². The number of allylic oxidation sites excluding steroid dienone is 6. The van der Waals surface area contributed by atoms with E-state index >= 15 is 0 Å². The number of hydrogen-bond acceptors (Lipinski definition) is 6. The minimum Gasteiger partial charge on any atom is -0.462 e. The summed E-state index contributed by atoms with van der Waals surface area (Å²) in [5.41, 5.74) is 0. The minimum atomic E-state index is -0.777. The van der Waals surface area contributed by atoms with Gasteiger partial charge in [-0.3, -0.25) is 14.4 Å². The van der Waals surface area contributed by atoms with E-state index in [0.29, 0.717) is 19.3 Å². The number of carbonyl (C=O) groups is 3. The molecule has 1 atom stereocenters. The SMILES string of the molecule is CCCCC/C=C\C/C=C\CCCCCCCC(=O)OC(COC(=O)CCCCCCC/C=C\CCCCCCCCC)COC(=O)CCCCCCCCC. The highest BCUT2D eigenvalue weighted by molar-refractivity contribution is 5.71. The van der Waals surface area contributed by atoms with E-state index < -0.39 is 6.10 Å². The fourth-order valence-electron chi connectivity index (χ4n) is 6.70. The molecule has 0 saturated heterocycles. The van der Waals surface area contributed by atoms with Gasteiger partial charge in [0.1, 0.15) is 13.2 Å². The van der Waals surface area contributed by atoms with Crippen molar-refractivity contribution >= 4 is 17.9 Å². The van der Waals surface area contributed by atoms with Gasteiger partial charge in [-0.2, -0.15) is 0 Å². The fourth-order valence-corrected chi connectivity index (χ4v) is 6.70. The molecule has 1 unspecified atom stereocenters. The topological polar surface area (TPSA) is 78.9 Å². The van der Waals surface area contributed by atoms with Crippen LogP contribution in [0.25, 0.3) is 0 Å². The van der Waals surface area contributed by atoms with E-state index in [2.05, 4.69) is 57.2 Å². The van der Waals surface area contributed by atoms with E-state index in [4.69, 9.17) is 14.2 Å². The van der Waals surface area contributed by atoms with Crippen molar-refractivity contribution < 1.29 is 28.6 Å². The van der Waals surface area contributed by atoms with Crippen molar-refractivity contribution in [2.24, 2.45) is 0 Å². The van der Waals surface area contributed by atoms with Crippen LogP contribution < -0.4 is 0 Å². The Morgan fingerprint density at radius 3 is 1.04 bits per heavy atom. The molecule has 0 aliphatic heterocycles. The molecule has 0 bridgehead atoms. The lowest BCUT2D eigenvalue weighted by molar-refractivity contribution is -0.167. The Hall–Kier alpha value is -2.37. The molecule has 326 valence electrons. The molecule has 0 spiro atoms. The number of carbonyl (C=O) groups excluding carboxylic acids is 3. The van der Waals surface area contributed by atoms with Crippen LogP contribution in [-0.2, 0) is 28.6 Å². The molecule has 56 heavy (non-hydrogen) atoms. The van der Waals surface area contributed by atoms with Crippen molar-refractivity contribution in [2.45, 2.75) is 252 Å². The molecule has 0 aromatic heterocycles. The van der Waals surface area contributed by atoms with Crippen molar-refractivity contribution in [3.8, 4) is 0 Å². The number of esters is 3. The average molecular weight is 787 g/mol. The second-order valence-electron chi connectivity index (χ2n) is 16.0. The molecule has 0 radical (unpaired) electrons. The van der Waals surface area contributed by atoms with Gasteiger partial charge >= 0.3 is 17.9 Å². The zero-order valence-electron chi connectivity index (χ0n) is 37.2. The maximum Gasteiger partial charge on any atom is 0.306 e. The molecule has 0 N–H and O–H groups in total. The maximum atomic E-state index is 12.7. The summed E-state index contributed by atoms with van der Waals surface area (Å²) in [6.07, 6.45) is 51.3. The highest BCUT2D eigenvalue weighted by Crippen LogP contribution is 2.14. The van der Waals surface area contributed by atoms with Crippen LogP contribution in [0, 0.1) is 0 Å². The van der Waals surface area contributed by atoms with Gasteiger partial charge in [0.05, 0.1) is 0 Å². The fraction of sp³-hybridized carbons (Fsp3) is 0.820. The molecular formula is C50H90O6. The number of ether oxygens (including phenoxy) is 3. The van der Waals surface area contributed by atoms with Crippen molar-refractivity contribution in [3.05, 3.63) is 36.5 Å². The van der Waals surface area contributed by atoms with E-state index in [-0.39, 0.29) is 31.1 Å². The van der Waals surface area contributed by atoms with Crippen LogP contribution in [0.2, 0.25) is 0 Å². The summed E-state index contributed by atoms with van der Waals surface area (Å²) in [5, 5.41) is 0. The average Bonchev–Trinajstić information content (AvgIpc) is 3.19. The van der Waals surface area contributed by atoms with Gasteiger partial charge in [0.2, 0.25) is 0 Å². The molecule has 0 aromatic rings. The first kappa shape index (κ1) is 53.6. The van der Waals surface area contributed by atoms with Gasteiger partial charge in [-0.1, -0.05) is 186 Å². The van der Waals surface area contributed by atoms with E-state index in [1.54, 1.807) is 0 Å². The third kappa shape index (κ3) is 42.8. The summed E-state index contributed by atoms with van der Waals surface area (Å²) < 4.78 is 16.7. The zero-order valence-corrected chi connectivity index (χ0v) is 37.2. The van der Waals surface area contributed by atoms with Gasteiger partial charge in [-0.25, -0.2) is 0 Å². The predicted octanol–water partition coefficient (Wildman–Crippen LogP) is 15.4. The number of hydrogen-bond donors (Lipinski definition) is 0. The normalized spacial score (nSPS) is 12.3. The first-order valence-corrected chi connectivity index (χ1v) is 24.0. The summed E-state index contributed by atoms with van der Waals surface area (Å²) in [4.78, 5) is 37.7. The molecule has 0 fully saturated rings. The highest BCUT2D eigenvalue weighted by atomic mass is 16.6. The summed E-state index contributed by atoms with van der Waals surface area (Å²) in [7, 11) is 0. The minimum absolute atomic E-state index is 0.0794. The van der Waals surface area contributed by atoms with Crippen molar-refractivity contribution in [2.75, 3.05) is 13.2 Å². The third-order valence-corrected chi connectivity index (χ3v) is 10.4. The smallest absolute Gasteiger partial charge is 0.306 e. The molecule has 0 amide bonds. The van der Waals surface area contributed by atoms with Gasteiger partial charge in [-0.05, 0) is 77.0 Å². The Morgan fingerprint density at radius 1 is 0.357 bits per heavy atom. The molecule has 6 nitrogen and oxygen atoms in total. The van der Waals surface area contributed by atoms with Gasteiger partial charge in [-0.15, -0.1) is 0 Å². The molecule has 0 aromatic carbocycles. The van der Waals surface area contributed by atoms with E-state index in [1.165, 1.54) is 116 Å². The second kappa shape index (κ2) is 45.3. The van der Waals surface area contributed by atoms with Crippen LogP contribution in [0.5, 0.6) is 0 Å². The predicted molar refractivity (Wildman–Crippen MR) is 238 cm³/mol. The third-order valence-electron chi connectivity index (χ3n) is 10.4. The van der Waals surface area contributed by atoms with Crippen LogP contribution in [0.15, 0.2) is 36.5 Å². The number of rotatable bonds is 43. The molecule has 0 heterocycles. The second-order valence-corrected chi connectivity index (χ2v) is 16.0. The quantitative estimate of drug-likeness (QED) is 0.0265. The largest absolute Gasteiger partial charge is 0.462 e. The van der Waals surface area contributed by atoms with Crippen molar-refractivity contribution in [1.29, 1.82) is 0 Å². The number of unbranched alkanes of at least 4 members (excludes halogenated alkanes) is 26. The lowest BCUT2D eigenvalue weighted by atomic mass is 10.1. The van der Waals surface area contributed by atoms with Gasteiger partial charge in [0.15, 0.2) is 6.10 Å². The van der Waals surface area contributed by atoms with E-state index in [0.717, 1.165) is 89.9 Å². The summed E-state index contributed by atoms with van der Waals surface area (Å²) >= 11 is 0. The molecule has 0 rings (SSSR count). The first-order valence-electron chi connectivity index (χ1n) is 24.0. The lowest BCUT2D eigenvalue weighted by Crippen LogP contribution is -2.30. The Kier molecular flexibility index (Phi) is 43.4. The Balaban J connectivity index is 4.31. The maximum absolute atomic E-state index is 12.7. The van der Waals surface area contributed by atoms with Crippen LogP contribution in [0.4, 0.5) is 0 Å². The molecule has 0 aliphatic carbocycles. The Labute approximate surface area is 346 Å². The molecule has 6 heteroatoms. The van der Waals surface area contributed by atoms with Crippen molar-refractivity contribution in [3.63, 3.8) is 0 Å². The molecular weight excluding hydrogens is 697 g/mol. The van der Waals surface area contributed by atoms with Crippen LogP contribution in [-0.4, -0.2) is 37.2 Å². The Bertz CT molecular complexity index is 953. The van der Waals surface area contributed by atoms with Crippen LogP contribution in [0.3, 0.4) is 0 Å². The Morgan fingerprint density at radius 2 is 0.643 bits per heavy atom. The molecule has 0 saturated carbocycles. The monoisotopic (exact) mass is 787 g/mol. The van der Waals surface area contributed by atoms with E-state index in [1.807, 2.05) is 0 Å². The summed E-state index contributed by atoms with van der Waals surface area (Å²) in [6, 6.07) is 0. The first-order chi connectivity index (χ1) is 27.5. The highest BCUT2D eigenvalue weighted by Gasteiger charge is 2.19. The van der Waals surface area contributed by atoms with Crippen molar-refractivity contribution in [1.82, 2.24) is 0 Å². The van der Waals surface area contributed by atoms with Crippen LogP contribution in [0.1, 0.15) is 245 Å². The summed E-state index contributed by atoms with van der Waals surface area (Å²) in [6.45, 7) is 6.55. The standard InChI is InChI=1S/C50H90O6/c1-4-7-10-13-16-18-20-22-24-26-27-29-31-34-37-40-43-49(52)55-46-47(45-54-48(51)42-39-36-33-15-12-9-6-3)56-50(53)44-41-38-35-32-30-28-25-23-21-19-17-14-11-8-5-2/h17,19,23-26,47H,4-16,18,20-22,27-46H2,1-3H3/b19-17-,25-23-,26-24-. The van der Waals surface area contributed by atoms with Gasteiger partial charge < -0.3 is 14.2 Å². The van der Waals surface area contributed by atoms with E-state index in [9.17, 15) is 14.4 Å². The zero-order chi connectivity index (χ0) is 40.8.